The van der Waals surface area contributed by atoms with Crippen LogP contribution in [-0.4, -0.2) is 42.8 Å². The molecule has 8 heteroatoms. The first-order chi connectivity index (χ1) is 19.2. The summed E-state index contributed by atoms with van der Waals surface area (Å²) < 4.78 is 21.1. The van der Waals surface area contributed by atoms with E-state index in [4.69, 9.17) is 14.4 Å². The maximum absolute atomic E-state index is 13.0. The van der Waals surface area contributed by atoms with Crippen molar-refractivity contribution in [2.24, 2.45) is 0 Å². The lowest BCUT2D eigenvalue weighted by molar-refractivity contribution is 0.272. The highest BCUT2D eigenvalue weighted by Gasteiger charge is 2.37. The minimum atomic E-state index is -1.88. The second kappa shape index (κ2) is 12.3. The quantitative estimate of drug-likeness (QED) is 0.173. The Hall–Kier alpha value is -2.68. The minimum Gasteiger partial charge on any atom is -0.411 e. The van der Waals surface area contributed by atoms with Crippen molar-refractivity contribution in [3.8, 4) is 17.1 Å². The van der Waals surface area contributed by atoms with Gasteiger partial charge in [-0.25, -0.2) is 9.67 Å². The molecule has 2 atom stereocenters. The zero-order chi connectivity index (χ0) is 30.0. The highest BCUT2D eigenvalue weighted by molar-refractivity contribution is 7.86. The van der Waals surface area contributed by atoms with Gasteiger partial charge in [0.2, 0.25) is 0 Å². The van der Waals surface area contributed by atoms with Crippen molar-refractivity contribution in [2.45, 2.75) is 96.7 Å². The molecule has 0 N–H and O–H groups in total. The van der Waals surface area contributed by atoms with Gasteiger partial charge >= 0.3 is 0 Å². The summed E-state index contributed by atoms with van der Waals surface area (Å²) in [6.07, 6.45) is 3.86. The van der Waals surface area contributed by atoms with E-state index in [0.717, 1.165) is 52.2 Å². The topological polar surface area (TPSA) is 69.9 Å². The molecule has 220 valence electrons. The van der Waals surface area contributed by atoms with E-state index < -0.39 is 19.1 Å². The number of hydrogen-bond donors (Lipinski definition) is 0. The van der Waals surface area contributed by atoms with Gasteiger partial charge in [0.05, 0.1) is 29.7 Å². The molecule has 4 rings (SSSR count). The van der Waals surface area contributed by atoms with Gasteiger partial charge in [-0.3, -0.25) is 9.19 Å². The highest BCUT2D eigenvalue weighted by Crippen LogP contribution is 2.37. The average Bonchev–Trinajstić information content (AvgIpc) is 3.34. The van der Waals surface area contributed by atoms with Gasteiger partial charge in [-0.15, -0.1) is 0 Å². The Kier molecular flexibility index (Phi) is 9.36. The van der Waals surface area contributed by atoms with Crippen LogP contribution >= 0.6 is 0 Å². The molecule has 0 aliphatic rings. The number of hydrogen-bond acceptors (Lipinski definition) is 5. The summed E-state index contributed by atoms with van der Waals surface area (Å²) in [6, 6.07) is 18.5. The van der Waals surface area contributed by atoms with Crippen LogP contribution in [0.4, 0.5) is 0 Å². The van der Waals surface area contributed by atoms with E-state index in [-0.39, 0.29) is 15.7 Å². The Morgan fingerprint density at radius 3 is 2.39 bits per heavy atom. The van der Waals surface area contributed by atoms with Crippen molar-refractivity contribution in [3.63, 3.8) is 0 Å². The van der Waals surface area contributed by atoms with Gasteiger partial charge in [-0.05, 0) is 75.7 Å². The van der Waals surface area contributed by atoms with Crippen LogP contribution in [0.25, 0.3) is 28.0 Å². The molecule has 0 radical (unpaired) electrons. The van der Waals surface area contributed by atoms with E-state index in [1.165, 1.54) is 0 Å². The normalized spacial score (nSPS) is 14.4. The van der Waals surface area contributed by atoms with Crippen molar-refractivity contribution < 1.29 is 8.63 Å². The molecule has 0 aliphatic carbocycles. The molecule has 0 amide bonds. The lowest BCUT2D eigenvalue weighted by Gasteiger charge is -2.36. The lowest BCUT2D eigenvalue weighted by Crippen LogP contribution is -2.40. The Labute approximate surface area is 249 Å². The molecular formula is C33H46N4O2SSi. The van der Waals surface area contributed by atoms with Crippen LogP contribution in [0.5, 0.6) is 0 Å². The van der Waals surface area contributed by atoms with E-state index in [1.54, 1.807) is 0 Å². The molecule has 41 heavy (non-hydrogen) atoms. The average molecular weight is 591 g/mol. The Morgan fingerprint density at radius 1 is 0.976 bits per heavy atom. The van der Waals surface area contributed by atoms with Crippen molar-refractivity contribution in [3.05, 3.63) is 72.2 Å². The van der Waals surface area contributed by atoms with Crippen LogP contribution < -0.4 is 0 Å². The van der Waals surface area contributed by atoms with E-state index >= 15 is 0 Å². The smallest absolute Gasteiger partial charge is 0.192 e. The van der Waals surface area contributed by atoms with Gasteiger partial charge in [-0.2, -0.15) is 5.10 Å². The fourth-order valence-electron chi connectivity index (χ4n) is 4.43. The second-order valence-corrected chi connectivity index (χ2v) is 20.5. The Bertz CT molecular complexity index is 1520. The van der Waals surface area contributed by atoms with Crippen molar-refractivity contribution in [1.82, 2.24) is 19.7 Å². The highest BCUT2D eigenvalue weighted by atomic mass is 32.2. The largest absolute Gasteiger partial charge is 0.411 e. The molecule has 0 fully saturated rings. The number of nitrogens with zero attached hydrogens (tertiary/aromatic N) is 4. The fourth-order valence-corrected chi connectivity index (χ4v) is 6.58. The van der Waals surface area contributed by atoms with Crippen LogP contribution in [0, 0.1) is 0 Å². The van der Waals surface area contributed by atoms with Gasteiger partial charge < -0.3 is 4.43 Å². The minimum absolute atomic E-state index is 0.144. The maximum Gasteiger partial charge on any atom is 0.192 e. The summed E-state index contributed by atoms with van der Waals surface area (Å²) in [5, 5.41) is 5.87. The molecule has 3 aromatic heterocycles. The summed E-state index contributed by atoms with van der Waals surface area (Å²) >= 11 is 0. The molecule has 0 unspecified atom stereocenters. The molecule has 3 heterocycles. The third-order valence-electron chi connectivity index (χ3n) is 8.12. The SMILES string of the molecule is CCC[C@H](C[S@@](=O)C(C)(C)C)c1cccc(-c2ccc3cnn(-c4cccc(CO[Si](C)(C)C(C)(C)C)n4)c3c2)n1. The summed E-state index contributed by atoms with van der Waals surface area (Å²) in [7, 11) is -2.82. The molecule has 0 saturated heterocycles. The van der Waals surface area contributed by atoms with Crippen molar-refractivity contribution in [1.29, 1.82) is 0 Å². The van der Waals surface area contributed by atoms with Gasteiger partial charge in [0.1, 0.15) is 0 Å². The van der Waals surface area contributed by atoms with E-state index in [2.05, 4.69) is 76.2 Å². The summed E-state index contributed by atoms with van der Waals surface area (Å²) in [6.45, 7) is 20.1. The number of fused-ring (bicyclic) bond motifs is 1. The van der Waals surface area contributed by atoms with E-state index in [1.807, 2.05) is 55.9 Å². The van der Waals surface area contributed by atoms with Gasteiger partial charge in [0, 0.05) is 43.9 Å². The van der Waals surface area contributed by atoms with Crippen LogP contribution in [0.15, 0.2) is 60.8 Å². The van der Waals surface area contributed by atoms with Crippen LogP contribution in [-0.2, 0) is 21.8 Å². The number of aromatic nitrogens is 4. The van der Waals surface area contributed by atoms with Crippen molar-refractivity contribution >= 4 is 30.0 Å². The zero-order valence-electron chi connectivity index (χ0n) is 26.2. The Balaban J connectivity index is 1.64. The Morgan fingerprint density at radius 2 is 1.71 bits per heavy atom. The predicted molar refractivity (Wildman–Crippen MR) is 174 cm³/mol. The van der Waals surface area contributed by atoms with Gasteiger partial charge in [0.25, 0.3) is 0 Å². The van der Waals surface area contributed by atoms with Crippen molar-refractivity contribution in [2.75, 3.05) is 5.75 Å². The number of rotatable bonds is 10. The first-order valence-corrected chi connectivity index (χ1v) is 18.9. The summed E-state index contributed by atoms with van der Waals surface area (Å²) in [5.74, 6) is 1.55. The third kappa shape index (κ3) is 7.40. The summed E-state index contributed by atoms with van der Waals surface area (Å²) in [4.78, 5) is 9.99. The van der Waals surface area contributed by atoms with E-state index in [0.29, 0.717) is 12.4 Å². The van der Waals surface area contributed by atoms with Crippen LogP contribution in [0.2, 0.25) is 18.1 Å². The standard InChI is InChI=1S/C33H46N4O2SSi/c1-10-13-26(23-40(38)32(2,3)4)29-16-12-15-28(36-29)24-18-19-25-21-34-37(30(25)20-24)31-17-11-14-27(35-31)22-39-41(8,9)33(5,6)7/h11-12,14-21,26H,10,13,22-23H2,1-9H3/t26-,40-/m1/s1. The molecule has 0 aliphatic heterocycles. The predicted octanol–water partition coefficient (Wildman–Crippen LogP) is 8.44. The zero-order valence-corrected chi connectivity index (χ0v) is 28.0. The van der Waals surface area contributed by atoms with Crippen LogP contribution in [0.3, 0.4) is 0 Å². The van der Waals surface area contributed by atoms with Crippen LogP contribution in [0.1, 0.15) is 78.6 Å². The monoisotopic (exact) mass is 590 g/mol. The number of benzene rings is 1. The number of pyridine rings is 2. The molecule has 0 spiro atoms. The maximum atomic E-state index is 13.0. The molecular weight excluding hydrogens is 545 g/mol. The fraction of sp³-hybridized carbons (Fsp3) is 0.485. The summed E-state index contributed by atoms with van der Waals surface area (Å²) in [5.41, 5.74) is 4.81. The second-order valence-electron chi connectivity index (χ2n) is 13.4. The lowest BCUT2D eigenvalue weighted by atomic mass is 10.00. The van der Waals surface area contributed by atoms with Gasteiger partial charge in [0.15, 0.2) is 14.1 Å². The first kappa shape index (κ1) is 31.3. The molecule has 4 aromatic rings. The molecule has 0 saturated carbocycles. The van der Waals surface area contributed by atoms with Gasteiger partial charge in [-0.1, -0.05) is 58.4 Å². The first-order valence-electron chi connectivity index (χ1n) is 14.6. The molecule has 0 bridgehead atoms. The molecule has 1 aromatic carbocycles. The molecule has 6 nitrogen and oxygen atoms in total. The third-order valence-corrected chi connectivity index (χ3v) is 14.7. The van der Waals surface area contributed by atoms with E-state index in [9.17, 15) is 4.21 Å².